The van der Waals surface area contributed by atoms with Gasteiger partial charge in [0, 0.05) is 49.4 Å². The van der Waals surface area contributed by atoms with E-state index in [0.29, 0.717) is 36.2 Å². The molecule has 8 nitrogen and oxygen atoms in total. The van der Waals surface area contributed by atoms with Crippen molar-refractivity contribution in [2.45, 2.75) is 0 Å². The molecule has 5 aromatic rings. The van der Waals surface area contributed by atoms with Crippen molar-refractivity contribution in [1.82, 2.24) is 24.6 Å². The number of rotatable bonds is 5. The first-order chi connectivity index (χ1) is 17.2. The van der Waals surface area contributed by atoms with Crippen LogP contribution in [0.3, 0.4) is 0 Å². The van der Waals surface area contributed by atoms with E-state index < -0.39 is 0 Å². The number of nitrogens with zero attached hydrogens (tertiary/aromatic N) is 6. The predicted molar refractivity (Wildman–Crippen MR) is 129 cm³/mol. The molecule has 0 N–H and O–H groups in total. The van der Waals surface area contributed by atoms with E-state index in [-0.39, 0.29) is 5.82 Å². The summed E-state index contributed by atoms with van der Waals surface area (Å²) in [7, 11) is 0. The van der Waals surface area contributed by atoms with E-state index in [4.69, 9.17) is 19.6 Å². The number of fused-ring (bicyclic) bond motifs is 1. The molecule has 0 spiro atoms. The van der Waals surface area contributed by atoms with E-state index in [0.717, 1.165) is 35.7 Å². The fourth-order valence-corrected chi connectivity index (χ4v) is 4.06. The van der Waals surface area contributed by atoms with Gasteiger partial charge in [0.05, 0.1) is 30.2 Å². The van der Waals surface area contributed by atoms with Gasteiger partial charge in [-0.25, -0.2) is 14.4 Å². The summed E-state index contributed by atoms with van der Waals surface area (Å²) in [4.78, 5) is 15.7. The van der Waals surface area contributed by atoms with Gasteiger partial charge in [0.1, 0.15) is 17.4 Å². The second-order valence-electron chi connectivity index (χ2n) is 8.05. The Balaban J connectivity index is 1.48. The number of hydrogen-bond donors (Lipinski definition) is 0. The Bertz CT molecular complexity index is 1470. The molecule has 174 valence electrons. The fourth-order valence-electron chi connectivity index (χ4n) is 4.06. The molecule has 1 aliphatic rings. The molecular formula is C26H21FN6O2. The number of pyridine rings is 2. The monoisotopic (exact) mass is 468 g/mol. The van der Waals surface area contributed by atoms with Crippen LogP contribution in [0, 0.1) is 5.82 Å². The summed E-state index contributed by atoms with van der Waals surface area (Å²) in [5.41, 5.74) is 3.89. The Hall–Kier alpha value is -4.37. The summed E-state index contributed by atoms with van der Waals surface area (Å²) in [6.07, 6.45) is 5.15. The lowest BCUT2D eigenvalue weighted by atomic mass is 10.1. The maximum Gasteiger partial charge on any atom is 0.228 e. The Kier molecular flexibility index (Phi) is 5.51. The molecule has 1 saturated heterocycles. The van der Waals surface area contributed by atoms with Crippen molar-refractivity contribution in [1.29, 1.82) is 0 Å². The topological polar surface area (TPSA) is 77.7 Å². The van der Waals surface area contributed by atoms with E-state index in [1.807, 2.05) is 40.9 Å². The molecule has 1 aromatic carbocycles. The lowest BCUT2D eigenvalue weighted by Crippen LogP contribution is -2.37. The molecule has 0 radical (unpaired) electrons. The molecular weight excluding hydrogens is 447 g/mol. The number of halogens is 1. The van der Waals surface area contributed by atoms with Crippen LogP contribution >= 0.6 is 0 Å². The molecule has 0 amide bonds. The predicted octanol–water partition coefficient (Wildman–Crippen LogP) is 4.62. The summed E-state index contributed by atoms with van der Waals surface area (Å²) in [6, 6.07) is 17.4. The van der Waals surface area contributed by atoms with Crippen molar-refractivity contribution in [3.05, 3.63) is 85.1 Å². The molecule has 35 heavy (non-hydrogen) atoms. The second kappa shape index (κ2) is 9.11. The fraction of sp³-hybridized carbons (Fsp3) is 0.154. The largest absolute Gasteiger partial charge is 0.438 e. The zero-order valence-electron chi connectivity index (χ0n) is 18.7. The van der Waals surface area contributed by atoms with Crippen LogP contribution in [0.2, 0.25) is 0 Å². The molecule has 1 aliphatic heterocycles. The van der Waals surface area contributed by atoms with Crippen molar-refractivity contribution in [3.8, 4) is 34.1 Å². The lowest BCUT2D eigenvalue weighted by Gasteiger charge is -2.29. The van der Waals surface area contributed by atoms with Gasteiger partial charge in [0.25, 0.3) is 0 Å². The van der Waals surface area contributed by atoms with Crippen LogP contribution in [0.15, 0.2) is 79.3 Å². The highest BCUT2D eigenvalue weighted by atomic mass is 19.1. The van der Waals surface area contributed by atoms with Crippen molar-refractivity contribution in [2.24, 2.45) is 0 Å². The Labute approximate surface area is 200 Å². The van der Waals surface area contributed by atoms with Crippen LogP contribution in [0.1, 0.15) is 0 Å². The summed E-state index contributed by atoms with van der Waals surface area (Å²) >= 11 is 0. The lowest BCUT2D eigenvalue weighted by molar-refractivity contribution is 0.122. The zero-order valence-corrected chi connectivity index (χ0v) is 18.7. The first kappa shape index (κ1) is 21.2. The maximum absolute atomic E-state index is 13.4. The molecule has 0 atom stereocenters. The van der Waals surface area contributed by atoms with E-state index in [9.17, 15) is 4.39 Å². The van der Waals surface area contributed by atoms with Crippen molar-refractivity contribution >= 4 is 11.5 Å². The summed E-state index contributed by atoms with van der Waals surface area (Å²) in [6.45, 7) is 2.77. The number of hydrogen-bond acceptors (Lipinski definition) is 7. The van der Waals surface area contributed by atoms with Gasteiger partial charge in [-0.2, -0.15) is 9.61 Å². The van der Waals surface area contributed by atoms with Crippen molar-refractivity contribution in [3.63, 3.8) is 0 Å². The summed E-state index contributed by atoms with van der Waals surface area (Å²) in [5, 5.41) is 4.85. The maximum atomic E-state index is 13.4. The minimum Gasteiger partial charge on any atom is -0.438 e. The zero-order chi connectivity index (χ0) is 23.6. The quantitative estimate of drug-likeness (QED) is 0.372. The van der Waals surface area contributed by atoms with E-state index in [2.05, 4.69) is 14.9 Å². The highest BCUT2D eigenvalue weighted by molar-refractivity contribution is 5.73. The van der Waals surface area contributed by atoms with Crippen LogP contribution in [-0.4, -0.2) is 50.9 Å². The van der Waals surface area contributed by atoms with E-state index in [1.165, 1.54) is 12.1 Å². The molecule has 1 fully saturated rings. The van der Waals surface area contributed by atoms with Crippen LogP contribution in [0.4, 0.5) is 10.2 Å². The molecule has 5 heterocycles. The van der Waals surface area contributed by atoms with Crippen LogP contribution in [-0.2, 0) is 4.74 Å². The normalized spacial score (nSPS) is 13.8. The minimum atomic E-state index is -0.327. The molecule has 0 bridgehead atoms. The molecule has 0 aliphatic carbocycles. The average Bonchev–Trinajstić information content (AvgIpc) is 3.35. The number of anilines is 1. The van der Waals surface area contributed by atoms with Gasteiger partial charge in [0.2, 0.25) is 5.88 Å². The van der Waals surface area contributed by atoms with Gasteiger partial charge >= 0.3 is 0 Å². The van der Waals surface area contributed by atoms with Gasteiger partial charge in [0.15, 0.2) is 5.65 Å². The standard InChI is InChI=1S/C26H21FN6O2/c27-19-3-5-20(6-4-19)35-26-21(2-1-9-29-26)23-17-25(32-12-14-34-15-13-32)33-24(30-23)16-22(31-33)18-7-10-28-11-8-18/h1-11,16-17H,12-15H2. The first-order valence-electron chi connectivity index (χ1n) is 11.3. The molecule has 6 rings (SSSR count). The van der Waals surface area contributed by atoms with Crippen LogP contribution in [0.5, 0.6) is 11.6 Å². The first-order valence-corrected chi connectivity index (χ1v) is 11.3. The van der Waals surface area contributed by atoms with Crippen LogP contribution in [0.25, 0.3) is 28.2 Å². The Morgan fingerprint density at radius 2 is 1.69 bits per heavy atom. The number of morpholine rings is 1. The van der Waals surface area contributed by atoms with Gasteiger partial charge in [-0.1, -0.05) is 0 Å². The molecule has 0 saturated carbocycles. The Morgan fingerprint density at radius 1 is 0.886 bits per heavy atom. The number of aromatic nitrogens is 5. The average molecular weight is 468 g/mol. The molecule has 4 aromatic heterocycles. The smallest absolute Gasteiger partial charge is 0.228 e. The third-order valence-electron chi connectivity index (χ3n) is 5.79. The summed E-state index contributed by atoms with van der Waals surface area (Å²) in [5.74, 6) is 1.46. The van der Waals surface area contributed by atoms with E-state index in [1.54, 1.807) is 30.7 Å². The number of ether oxygens (including phenoxy) is 2. The van der Waals surface area contributed by atoms with Gasteiger partial charge < -0.3 is 14.4 Å². The van der Waals surface area contributed by atoms with E-state index >= 15 is 0 Å². The van der Waals surface area contributed by atoms with Crippen molar-refractivity contribution in [2.75, 3.05) is 31.2 Å². The van der Waals surface area contributed by atoms with Gasteiger partial charge in [-0.15, -0.1) is 0 Å². The molecule has 9 heteroatoms. The second-order valence-corrected chi connectivity index (χ2v) is 8.05. The van der Waals surface area contributed by atoms with Crippen molar-refractivity contribution < 1.29 is 13.9 Å². The van der Waals surface area contributed by atoms with Crippen LogP contribution < -0.4 is 9.64 Å². The molecule has 0 unspecified atom stereocenters. The van der Waals surface area contributed by atoms with Gasteiger partial charge in [-0.05, 0) is 48.5 Å². The highest BCUT2D eigenvalue weighted by Crippen LogP contribution is 2.33. The van der Waals surface area contributed by atoms with Gasteiger partial charge in [-0.3, -0.25) is 4.98 Å². The number of benzene rings is 1. The summed E-state index contributed by atoms with van der Waals surface area (Å²) < 4.78 is 26.8. The Morgan fingerprint density at radius 3 is 2.49 bits per heavy atom. The third-order valence-corrected chi connectivity index (χ3v) is 5.79. The minimum absolute atomic E-state index is 0.327. The SMILES string of the molecule is Fc1ccc(Oc2ncccc2-c2cc(N3CCOCC3)n3nc(-c4ccncc4)cc3n2)cc1. The highest BCUT2D eigenvalue weighted by Gasteiger charge is 2.20. The third kappa shape index (κ3) is 4.29.